The molecule has 1 aromatic carbocycles. The van der Waals surface area contributed by atoms with Gasteiger partial charge in [-0.3, -0.25) is 4.79 Å². The van der Waals surface area contributed by atoms with Gasteiger partial charge >= 0.3 is 5.97 Å². The SMILES string of the molecule is COC(=O)c1sccc1NC(=O)CSc1ccc(C)c(C)c1. The van der Waals surface area contributed by atoms with Crippen LogP contribution in [-0.4, -0.2) is 24.7 Å². The first-order valence-corrected chi connectivity index (χ1v) is 8.53. The van der Waals surface area contributed by atoms with Crippen molar-refractivity contribution in [2.75, 3.05) is 18.2 Å². The molecular weight excluding hydrogens is 318 g/mol. The summed E-state index contributed by atoms with van der Waals surface area (Å²) < 4.78 is 4.69. The van der Waals surface area contributed by atoms with Crippen molar-refractivity contribution in [1.82, 2.24) is 0 Å². The predicted molar refractivity (Wildman–Crippen MR) is 90.9 cm³/mol. The molecule has 22 heavy (non-hydrogen) atoms. The number of carbonyl (C=O) groups excluding carboxylic acids is 2. The lowest BCUT2D eigenvalue weighted by Crippen LogP contribution is -2.15. The highest BCUT2D eigenvalue weighted by Gasteiger charge is 2.15. The molecular formula is C16H17NO3S2. The Kier molecular flexibility index (Phi) is 5.63. The second-order valence-electron chi connectivity index (χ2n) is 4.74. The maximum absolute atomic E-state index is 12.0. The largest absolute Gasteiger partial charge is 0.465 e. The van der Waals surface area contributed by atoms with E-state index < -0.39 is 5.97 Å². The average molecular weight is 335 g/mol. The Hall–Kier alpha value is -1.79. The number of aryl methyl sites for hydroxylation is 2. The number of ether oxygens (including phenoxy) is 1. The van der Waals surface area contributed by atoms with E-state index in [0.29, 0.717) is 16.3 Å². The van der Waals surface area contributed by atoms with Crippen LogP contribution in [0.2, 0.25) is 0 Å². The van der Waals surface area contributed by atoms with Gasteiger partial charge in [0.15, 0.2) is 0 Å². The summed E-state index contributed by atoms with van der Waals surface area (Å²) in [6.07, 6.45) is 0. The molecule has 0 aliphatic carbocycles. The predicted octanol–water partition coefficient (Wildman–Crippen LogP) is 3.88. The summed E-state index contributed by atoms with van der Waals surface area (Å²) in [5.41, 5.74) is 2.94. The fraction of sp³-hybridized carbons (Fsp3) is 0.250. The third kappa shape index (κ3) is 4.11. The van der Waals surface area contributed by atoms with Gasteiger partial charge in [0, 0.05) is 4.90 Å². The number of anilines is 1. The van der Waals surface area contributed by atoms with Gasteiger partial charge in [0.05, 0.1) is 18.6 Å². The third-order valence-electron chi connectivity index (χ3n) is 3.16. The van der Waals surface area contributed by atoms with E-state index in [1.807, 2.05) is 19.1 Å². The fourth-order valence-electron chi connectivity index (χ4n) is 1.80. The van der Waals surface area contributed by atoms with Crippen LogP contribution >= 0.6 is 23.1 Å². The van der Waals surface area contributed by atoms with E-state index in [1.54, 1.807) is 11.4 Å². The summed E-state index contributed by atoms with van der Waals surface area (Å²) in [4.78, 5) is 25.0. The molecule has 1 amide bonds. The molecule has 0 unspecified atom stereocenters. The third-order valence-corrected chi connectivity index (χ3v) is 5.05. The Morgan fingerprint density at radius 3 is 2.68 bits per heavy atom. The molecule has 2 rings (SSSR count). The highest BCUT2D eigenvalue weighted by atomic mass is 32.2. The van der Waals surface area contributed by atoms with E-state index in [2.05, 4.69) is 23.0 Å². The highest BCUT2D eigenvalue weighted by molar-refractivity contribution is 8.00. The van der Waals surface area contributed by atoms with Gasteiger partial charge in [0.2, 0.25) is 5.91 Å². The van der Waals surface area contributed by atoms with E-state index in [0.717, 1.165) is 4.90 Å². The minimum atomic E-state index is -0.438. The summed E-state index contributed by atoms with van der Waals surface area (Å²) in [5.74, 6) is -0.294. The Bertz CT molecular complexity index is 694. The number of hydrogen-bond acceptors (Lipinski definition) is 5. The fourth-order valence-corrected chi connectivity index (χ4v) is 3.36. The van der Waals surface area contributed by atoms with Gasteiger partial charge < -0.3 is 10.1 Å². The molecule has 1 heterocycles. The standard InChI is InChI=1S/C16H17NO3S2/c1-10-4-5-12(8-11(10)2)22-9-14(18)17-13-6-7-21-15(13)16(19)20-3/h4-8H,9H2,1-3H3,(H,17,18). The molecule has 0 radical (unpaired) electrons. The van der Waals surface area contributed by atoms with Gasteiger partial charge in [-0.25, -0.2) is 4.79 Å². The van der Waals surface area contributed by atoms with Gasteiger partial charge in [-0.05, 0) is 48.6 Å². The van der Waals surface area contributed by atoms with Gasteiger partial charge in [0.1, 0.15) is 4.88 Å². The molecule has 0 spiro atoms. The molecule has 1 N–H and O–H groups in total. The van der Waals surface area contributed by atoms with Crippen LogP contribution in [0, 0.1) is 13.8 Å². The molecule has 4 nitrogen and oxygen atoms in total. The van der Waals surface area contributed by atoms with Crippen molar-refractivity contribution in [3.63, 3.8) is 0 Å². The molecule has 0 atom stereocenters. The molecule has 0 saturated carbocycles. The summed E-state index contributed by atoms with van der Waals surface area (Å²) >= 11 is 2.71. The smallest absolute Gasteiger partial charge is 0.350 e. The van der Waals surface area contributed by atoms with Crippen LogP contribution in [0.15, 0.2) is 34.5 Å². The first-order valence-electron chi connectivity index (χ1n) is 6.67. The average Bonchev–Trinajstić information content (AvgIpc) is 2.95. The zero-order valence-corrected chi connectivity index (χ0v) is 14.3. The molecule has 1 aromatic heterocycles. The highest BCUT2D eigenvalue weighted by Crippen LogP contribution is 2.25. The first kappa shape index (κ1) is 16.6. The Labute approximate surface area is 137 Å². The van der Waals surface area contributed by atoms with E-state index in [-0.39, 0.29) is 5.91 Å². The van der Waals surface area contributed by atoms with Crippen LogP contribution < -0.4 is 5.32 Å². The lowest BCUT2D eigenvalue weighted by molar-refractivity contribution is -0.113. The summed E-state index contributed by atoms with van der Waals surface area (Å²) in [5, 5.41) is 4.50. The number of thioether (sulfide) groups is 1. The number of methoxy groups -OCH3 is 1. The summed E-state index contributed by atoms with van der Waals surface area (Å²) in [6.45, 7) is 4.11. The second-order valence-corrected chi connectivity index (χ2v) is 6.70. The number of benzene rings is 1. The van der Waals surface area contributed by atoms with Crippen molar-refractivity contribution in [2.24, 2.45) is 0 Å². The molecule has 116 valence electrons. The van der Waals surface area contributed by atoms with Crippen LogP contribution in [0.1, 0.15) is 20.8 Å². The van der Waals surface area contributed by atoms with Crippen LogP contribution in [0.3, 0.4) is 0 Å². The van der Waals surface area contributed by atoms with Crippen molar-refractivity contribution < 1.29 is 14.3 Å². The van der Waals surface area contributed by atoms with E-state index >= 15 is 0 Å². The molecule has 0 aliphatic rings. The van der Waals surface area contributed by atoms with E-state index in [1.165, 1.54) is 41.3 Å². The molecule has 0 aliphatic heterocycles. The van der Waals surface area contributed by atoms with Gasteiger partial charge in [-0.1, -0.05) is 6.07 Å². The van der Waals surface area contributed by atoms with Gasteiger partial charge in [-0.15, -0.1) is 23.1 Å². The zero-order valence-electron chi connectivity index (χ0n) is 12.6. The summed E-state index contributed by atoms with van der Waals surface area (Å²) in [7, 11) is 1.32. The van der Waals surface area contributed by atoms with Crippen molar-refractivity contribution in [3.8, 4) is 0 Å². The summed E-state index contributed by atoms with van der Waals surface area (Å²) in [6, 6.07) is 7.82. The monoisotopic (exact) mass is 335 g/mol. The van der Waals surface area contributed by atoms with E-state index in [4.69, 9.17) is 0 Å². The number of hydrogen-bond donors (Lipinski definition) is 1. The number of esters is 1. The normalized spacial score (nSPS) is 10.3. The lowest BCUT2D eigenvalue weighted by Gasteiger charge is -2.07. The van der Waals surface area contributed by atoms with Crippen LogP contribution in [0.5, 0.6) is 0 Å². The van der Waals surface area contributed by atoms with Crippen molar-refractivity contribution in [3.05, 3.63) is 45.6 Å². The van der Waals surface area contributed by atoms with Crippen LogP contribution in [0.25, 0.3) is 0 Å². The minimum Gasteiger partial charge on any atom is -0.465 e. The molecule has 0 fully saturated rings. The maximum atomic E-state index is 12.0. The second kappa shape index (κ2) is 7.47. The topological polar surface area (TPSA) is 55.4 Å². The minimum absolute atomic E-state index is 0.146. The number of nitrogens with one attached hydrogen (secondary N) is 1. The molecule has 0 bridgehead atoms. The number of thiophene rings is 1. The van der Waals surface area contributed by atoms with Crippen molar-refractivity contribution >= 4 is 40.7 Å². The molecule has 6 heteroatoms. The number of carbonyl (C=O) groups is 2. The lowest BCUT2D eigenvalue weighted by atomic mass is 10.1. The quantitative estimate of drug-likeness (QED) is 0.665. The first-order chi connectivity index (χ1) is 10.5. The molecule has 0 saturated heterocycles. The maximum Gasteiger partial charge on any atom is 0.350 e. The van der Waals surface area contributed by atoms with Crippen LogP contribution in [0.4, 0.5) is 5.69 Å². The molecule has 2 aromatic rings. The Balaban J connectivity index is 1.95. The van der Waals surface area contributed by atoms with Gasteiger partial charge in [0.25, 0.3) is 0 Å². The van der Waals surface area contributed by atoms with Gasteiger partial charge in [-0.2, -0.15) is 0 Å². The van der Waals surface area contributed by atoms with Crippen LogP contribution in [-0.2, 0) is 9.53 Å². The van der Waals surface area contributed by atoms with Crippen molar-refractivity contribution in [2.45, 2.75) is 18.7 Å². The van der Waals surface area contributed by atoms with E-state index in [9.17, 15) is 9.59 Å². The van der Waals surface area contributed by atoms with Crippen molar-refractivity contribution in [1.29, 1.82) is 0 Å². The number of amides is 1. The Morgan fingerprint density at radius 2 is 2.00 bits per heavy atom. The zero-order chi connectivity index (χ0) is 16.1. The number of rotatable bonds is 5. The Morgan fingerprint density at radius 1 is 1.23 bits per heavy atom.